The predicted octanol–water partition coefficient (Wildman–Crippen LogP) is 3.09. The molecule has 2 aromatic rings. The lowest BCUT2D eigenvalue weighted by molar-refractivity contribution is 0.352. The number of rotatable bonds is 5. The Hall–Kier alpha value is -1.55. The quantitative estimate of drug-likeness (QED) is 0.375. The highest BCUT2D eigenvalue weighted by molar-refractivity contribution is 14.0. The molecule has 0 amide bonds. The van der Waals surface area contributed by atoms with Gasteiger partial charge in [0.25, 0.3) is 0 Å². The van der Waals surface area contributed by atoms with E-state index in [0.29, 0.717) is 26.2 Å². The number of aliphatic imine (C=N–C) groups is 1. The van der Waals surface area contributed by atoms with Gasteiger partial charge >= 0.3 is 0 Å². The third kappa shape index (κ3) is 5.73. The molecule has 1 fully saturated rings. The average molecular weight is 517 g/mol. The monoisotopic (exact) mass is 517 g/mol. The van der Waals surface area contributed by atoms with E-state index in [1.807, 2.05) is 47.4 Å². The molecule has 0 saturated carbocycles. The van der Waals surface area contributed by atoms with Crippen LogP contribution >= 0.6 is 24.0 Å². The summed E-state index contributed by atoms with van der Waals surface area (Å²) in [6, 6.07) is 13.9. The Balaban J connectivity index is 0.00000280. The SMILES string of the molecule is CC1(C)CN(C(=NCc2ccccc2)NCCc2ccco2)CCS1(=O)=O.I. The molecule has 28 heavy (non-hydrogen) atoms. The predicted molar refractivity (Wildman–Crippen MR) is 123 cm³/mol. The zero-order valence-corrected chi connectivity index (χ0v) is 19.4. The largest absolute Gasteiger partial charge is 0.469 e. The van der Waals surface area contributed by atoms with E-state index in [4.69, 9.17) is 9.41 Å². The Morgan fingerprint density at radius 1 is 1.21 bits per heavy atom. The number of furan rings is 1. The van der Waals surface area contributed by atoms with Gasteiger partial charge < -0.3 is 14.6 Å². The molecule has 0 aliphatic carbocycles. The van der Waals surface area contributed by atoms with Gasteiger partial charge in [0.1, 0.15) is 5.76 Å². The molecule has 0 radical (unpaired) electrons. The first-order chi connectivity index (χ1) is 12.9. The molecule has 1 saturated heterocycles. The molecule has 154 valence electrons. The van der Waals surface area contributed by atoms with Gasteiger partial charge in [-0.2, -0.15) is 0 Å². The van der Waals surface area contributed by atoms with E-state index in [1.54, 1.807) is 20.1 Å². The molecule has 0 atom stereocenters. The van der Waals surface area contributed by atoms with Crippen LogP contribution in [0.3, 0.4) is 0 Å². The minimum atomic E-state index is -3.09. The number of benzene rings is 1. The van der Waals surface area contributed by atoms with E-state index in [-0.39, 0.29) is 29.7 Å². The molecule has 3 rings (SSSR count). The van der Waals surface area contributed by atoms with Gasteiger partial charge in [0.15, 0.2) is 15.8 Å². The minimum Gasteiger partial charge on any atom is -0.469 e. The van der Waals surface area contributed by atoms with Crippen LogP contribution in [0.25, 0.3) is 0 Å². The summed E-state index contributed by atoms with van der Waals surface area (Å²) < 4.78 is 29.2. The summed E-state index contributed by atoms with van der Waals surface area (Å²) in [6.45, 7) is 5.67. The van der Waals surface area contributed by atoms with Crippen LogP contribution in [0.5, 0.6) is 0 Å². The van der Waals surface area contributed by atoms with Crippen LogP contribution in [0.2, 0.25) is 0 Å². The molecule has 1 aliphatic heterocycles. The van der Waals surface area contributed by atoms with Crippen molar-refractivity contribution in [3.63, 3.8) is 0 Å². The first-order valence-corrected chi connectivity index (χ1v) is 10.8. The second-order valence-corrected chi connectivity index (χ2v) is 10.1. The van der Waals surface area contributed by atoms with Crippen LogP contribution < -0.4 is 5.32 Å². The molecular formula is C20H28IN3O3S. The molecule has 8 heteroatoms. The number of nitrogens with zero attached hydrogens (tertiary/aromatic N) is 2. The molecule has 0 bridgehead atoms. The smallest absolute Gasteiger partial charge is 0.194 e. The van der Waals surface area contributed by atoms with Gasteiger partial charge in [-0.05, 0) is 31.5 Å². The van der Waals surface area contributed by atoms with Crippen molar-refractivity contribution in [2.24, 2.45) is 4.99 Å². The molecule has 2 heterocycles. The lowest BCUT2D eigenvalue weighted by Gasteiger charge is -2.39. The zero-order chi connectivity index (χ0) is 19.3. The van der Waals surface area contributed by atoms with E-state index >= 15 is 0 Å². The van der Waals surface area contributed by atoms with Crippen molar-refractivity contribution in [2.75, 3.05) is 25.4 Å². The Bertz CT molecular complexity index is 865. The van der Waals surface area contributed by atoms with Gasteiger partial charge in [-0.1, -0.05) is 30.3 Å². The molecule has 1 aliphatic rings. The summed E-state index contributed by atoms with van der Waals surface area (Å²) in [5.41, 5.74) is 1.12. The summed E-state index contributed by atoms with van der Waals surface area (Å²) in [7, 11) is -3.09. The van der Waals surface area contributed by atoms with Crippen molar-refractivity contribution in [3.05, 3.63) is 60.1 Å². The summed E-state index contributed by atoms with van der Waals surface area (Å²) in [5.74, 6) is 1.80. The lowest BCUT2D eigenvalue weighted by Crippen LogP contribution is -2.57. The Morgan fingerprint density at radius 3 is 2.61 bits per heavy atom. The first kappa shape index (κ1) is 22.7. The van der Waals surface area contributed by atoms with E-state index < -0.39 is 14.6 Å². The fourth-order valence-electron chi connectivity index (χ4n) is 3.09. The third-order valence-electron chi connectivity index (χ3n) is 4.83. The number of sulfone groups is 1. The first-order valence-electron chi connectivity index (χ1n) is 9.19. The summed E-state index contributed by atoms with van der Waals surface area (Å²) in [4.78, 5) is 6.80. The molecule has 1 aromatic carbocycles. The maximum atomic E-state index is 12.3. The second-order valence-electron chi connectivity index (χ2n) is 7.38. The zero-order valence-electron chi connectivity index (χ0n) is 16.3. The molecule has 1 aromatic heterocycles. The Morgan fingerprint density at radius 2 is 1.96 bits per heavy atom. The minimum absolute atomic E-state index is 0. The average Bonchev–Trinajstić information content (AvgIpc) is 3.15. The van der Waals surface area contributed by atoms with Crippen LogP contribution in [0.4, 0.5) is 0 Å². The summed E-state index contributed by atoms with van der Waals surface area (Å²) >= 11 is 0. The van der Waals surface area contributed by atoms with Gasteiger partial charge in [-0.25, -0.2) is 13.4 Å². The van der Waals surface area contributed by atoms with Crippen LogP contribution in [0.1, 0.15) is 25.2 Å². The van der Waals surface area contributed by atoms with Gasteiger partial charge in [0.2, 0.25) is 0 Å². The molecule has 6 nitrogen and oxygen atoms in total. The van der Waals surface area contributed by atoms with Crippen molar-refractivity contribution >= 4 is 39.8 Å². The highest BCUT2D eigenvalue weighted by atomic mass is 127. The number of nitrogens with one attached hydrogen (secondary N) is 1. The van der Waals surface area contributed by atoms with Gasteiger partial charge in [-0.15, -0.1) is 24.0 Å². The van der Waals surface area contributed by atoms with Gasteiger partial charge in [0.05, 0.1) is 23.3 Å². The molecule has 1 N–H and O–H groups in total. The van der Waals surface area contributed by atoms with Crippen molar-refractivity contribution in [3.8, 4) is 0 Å². The maximum Gasteiger partial charge on any atom is 0.194 e. The molecule has 0 spiro atoms. The molecular weight excluding hydrogens is 489 g/mol. The third-order valence-corrected chi connectivity index (χ3v) is 7.36. The number of hydrogen-bond acceptors (Lipinski definition) is 4. The molecule has 0 unspecified atom stereocenters. The van der Waals surface area contributed by atoms with Gasteiger partial charge in [0, 0.05) is 26.1 Å². The maximum absolute atomic E-state index is 12.3. The van der Waals surface area contributed by atoms with Crippen LogP contribution in [-0.4, -0.2) is 49.4 Å². The topological polar surface area (TPSA) is 74.9 Å². The highest BCUT2D eigenvalue weighted by Gasteiger charge is 2.41. The van der Waals surface area contributed by atoms with Crippen molar-refractivity contribution in [1.29, 1.82) is 0 Å². The Labute approximate surface area is 184 Å². The standard InChI is InChI=1S/C20H27N3O3S.HI/c1-20(2)16-23(12-14-27(20,24)25)19(21-11-10-18-9-6-13-26-18)22-15-17-7-4-3-5-8-17;/h3-9,13H,10-12,14-16H2,1-2H3,(H,21,22);1H. The van der Waals surface area contributed by atoms with E-state index in [9.17, 15) is 8.42 Å². The second kappa shape index (κ2) is 9.78. The lowest BCUT2D eigenvalue weighted by atomic mass is 10.2. The van der Waals surface area contributed by atoms with Crippen LogP contribution in [0.15, 0.2) is 58.1 Å². The number of hydrogen-bond donors (Lipinski definition) is 1. The van der Waals surface area contributed by atoms with Crippen molar-refractivity contribution in [1.82, 2.24) is 10.2 Å². The Kier molecular flexibility index (Phi) is 7.94. The number of guanidine groups is 1. The fourth-order valence-corrected chi connectivity index (χ4v) is 4.46. The van der Waals surface area contributed by atoms with E-state index in [0.717, 1.165) is 23.7 Å². The van der Waals surface area contributed by atoms with Crippen molar-refractivity contribution in [2.45, 2.75) is 31.6 Å². The fraction of sp³-hybridized carbons (Fsp3) is 0.450. The van der Waals surface area contributed by atoms with Crippen molar-refractivity contribution < 1.29 is 12.8 Å². The number of halogens is 1. The highest BCUT2D eigenvalue weighted by Crippen LogP contribution is 2.23. The van der Waals surface area contributed by atoms with Gasteiger partial charge in [-0.3, -0.25) is 0 Å². The normalized spacial score (nSPS) is 18.4. The van der Waals surface area contributed by atoms with E-state index in [2.05, 4.69) is 5.32 Å². The van der Waals surface area contributed by atoms with E-state index in [1.165, 1.54) is 0 Å². The van der Waals surface area contributed by atoms with Crippen LogP contribution in [-0.2, 0) is 22.8 Å². The summed E-state index contributed by atoms with van der Waals surface area (Å²) in [5, 5.41) is 3.38. The summed E-state index contributed by atoms with van der Waals surface area (Å²) in [6.07, 6.45) is 2.41. The van der Waals surface area contributed by atoms with Crippen LogP contribution in [0, 0.1) is 0 Å².